The van der Waals surface area contributed by atoms with E-state index in [0.717, 1.165) is 12.8 Å². The lowest BCUT2D eigenvalue weighted by molar-refractivity contribution is -0.147. The quantitative estimate of drug-likeness (QED) is 0.0548. The second-order valence-electron chi connectivity index (χ2n) is 8.78. The highest BCUT2D eigenvalue weighted by atomic mass is 16.5. The third-order valence-electron chi connectivity index (χ3n) is 5.35. The van der Waals surface area contributed by atoms with E-state index in [-0.39, 0.29) is 31.3 Å². The van der Waals surface area contributed by atoms with E-state index >= 15 is 0 Å². The van der Waals surface area contributed by atoms with Crippen molar-refractivity contribution >= 4 is 29.8 Å². The van der Waals surface area contributed by atoms with Crippen molar-refractivity contribution in [1.82, 2.24) is 5.32 Å². The largest absolute Gasteiger partial charge is 0.481 e. The molecule has 9 N–H and O–H groups in total. The number of nitrogens with one attached hydrogen (secondary N) is 1. The van der Waals surface area contributed by atoms with Crippen molar-refractivity contribution in [3.63, 3.8) is 0 Å². The molecule has 12 heteroatoms. The number of unbranched alkanes of at least 4 members (excludes halogenated alkanes) is 8. The summed E-state index contributed by atoms with van der Waals surface area (Å²) >= 11 is 0. The number of rotatable bonds is 21. The average molecular weight is 532 g/mol. The standard InChI is InChI=1S/C20H40N4O3.C5H9NO4/c1-3-5-6-7-8-9-10-11-12-15-18(25)24-17(19(26)27-4-2)14-13-16-23-20(21)22;6-3(5(9)10)1-2-4(7)8/h17H,3-16H2,1-2H3,(H,24,25)(H4,21,22,23);3H,1-2,6H2,(H,7,8)(H,9,10)/t17-;3-/m00/s1. The van der Waals surface area contributed by atoms with Gasteiger partial charge in [-0.1, -0.05) is 58.3 Å². The van der Waals surface area contributed by atoms with Gasteiger partial charge in [0.1, 0.15) is 12.1 Å². The van der Waals surface area contributed by atoms with Crippen molar-refractivity contribution in [3.05, 3.63) is 0 Å². The van der Waals surface area contributed by atoms with Gasteiger partial charge in [-0.2, -0.15) is 0 Å². The van der Waals surface area contributed by atoms with Crippen LogP contribution in [0.5, 0.6) is 0 Å². The fraction of sp³-hybridized carbons (Fsp3) is 0.800. The number of nitrogens with zero attached hydrogens (tertiary/aromatic N) is 1. The van der Waals surface area contributed by atoms with Crippen molar-refractivity contribution < 1.29 is 34.1 Å². The first-order valence-corrected chi connectivity index (χ1v) is 13.3. The van der Waals surface area contributed by atoms with Crippen LogP contribution < -0.4 is 22.5 Å². The predicted octanol–water partition coefficient (Wildman–Crippen LogP) is 2.27. The van der Waals surface area contributed by atoms with Crippen LogP contribution in [0.1, 0.15) is 104 Å². The van der Waals surface area contributed by atoms with Gasteiger partial charge in [0, 0.05) is 19.4 Å². The van der Waals surface area contributed by atoms with Crippen molar-refractivity contribution in [3.8, 4) is 0 Å². The summed E-state index contributed by atoms with van der Waals surface area (Å²) in [6, 6.07) is -1.69. The Hall–Kier alpha value is -2.89. The Morgan fingerprint density at radius 2 is 1.41 bits per heavy atom. The molecule has 12 nitrogen and oxygen atoms in total. The molecule has 0 aromatic carbocycles. The van der Waals surface area contributed by atoms with Crippen molar-refractivity contribution in [1.29, 1.82) is 0 Å². The van der Waals surface area contributed by atoms with Gasteiger partial charge < -0.3 is 37.5 Å². The number of aliphatic imine (C=N–C) groups is 1. The molecule has 0 spiro atoms. The molecule has 0 saturated carbocycles. The molecule has 1 amide bonds. The lowest BCUT2D eigenvalue weighted by Crippen LogP contribution is -2.42. The molecule has 0 saturated heterocycles. The fourth-order valence-electron chi connectivity index (χ4n) is 3.26. The third-order valence-corrected chi connectivity index (χ3v) is 5.35. The molecule has 0 aliphatic rings. The molecule has 0 unspecified atom stereocenters. The van der Waals surface area contributed by atoms with E-state index in [1.165, 1.54) is 44.9 Å². The van der Waals surface area contributed by atoms with Crippen LogP contribution in [0.4, 0.5) is 0 Å². The lowest BCUT2D eigenvalue weighted by atomic mass is 10.1. The molecule has 0 bridgehead atoms. The topological polar surface area (TPSA) is 220 Å². The van der Waals surface area contributed by atoms with Crippen LogP contribution >= 0.6 is 0 Å². The van der Waals surface area contributed by atoms with Gasteiger partial charge in [-0.15, -0.1) is 0 Å². The molecule has 0 rings (SSSR count). The maximum absolute atomic E-state index is 12.1. The first-order chi connectivity index (χ1) is 17.5. The van der Waals surface area contributed by atoms with Gasteiger partial charge in [-0.25, -0.2) is 4.79 Å². The number of carbonyl (C=O) groups excluding carboxylic acids is 2. The number of nitrogens with two attached hydrogens (primary N) is 3. The Bertz CT molecular complexity index is 670. The first-order valence-electron chi connectivity index (χ1n) is 13.3. The van der Waals surface area contributed by atoms with Crippen LogP contribution in [0.15, 0.2) is 4.99 Å². The minimum absolute atomic E-state index is 0.0231. The minimum Gasteiger partial charge on any atom is -0.481 e. The van der Waals surface area contributed by atoms with Gasteiger partial charge in [0.2, 0.25) is 5.91 Å². The Morgan fingerprint density at radius 3 is 1.89 bits per heavy atom. The second kappa shape index (κ2) is 24.8. The molecule has 0 heterocycles. The zero-order chi connectivity index (χ0) is 28.5. The number of carboxylic acid groups (broad SMARTS) is 2. The number of amides is 1. The van der Waals surface area contributed by atoms with Crippen LogP contribution in [0.2, 0.25) is 0 Å². The van der Waals surface area contributed by atoms with E-state index in [9.17, 15) is 19.2 Å². The number of carbonyl (C=O) groups is 4. The van der Waals surface area contributed by atoms with Gasteiger partial charge in [-0.05, 0) is 32.6 Å². The van der Waals surface area contributed by atoms with E-state index in [4.69, 9.17) is 32.2 Å². The fourth-order valence-corrected chi connectivity index (χ4v) is 3.26. The van der Waals surface area contributed by atoms with Crippen molar-refractivity contribution in [2.75, 3.05) is 13.2 Å². The predicted molar refractivity (Wildman–Crippen MR) is 143 cm³/mol. The smallest absolute Gasteiger partial charge is 0.328 e. The van der Waals surface area contributed by atoms with E-state index in [2.05, 4.69) is 17.2 Å². The summed E-state index contributed by atoms with van der Waals surface area (Å²) in [5.41, 5.74) is 15.6. The number of aliphatic carboxylic acids is 2. The summed E-state index contributed by atoms with van der Waals surface area (Å²) in [6.07, 6.45) is 12.1. The Kier molecular flexibility index (Phi) is 24.3. The highest BCUT2D eigenvalue weighted by Crippen LogP contribution is 2.11. The number of ether oxygens (including phenoxy) is 1. The summed E-state index contributed by atoms with van der Waals surface area (Å²) in [4.78, 5) is 47.9. The molecule has 0 aliphatic carbocycles. The van der Waals surface area contributed by atoms with Crippen LogP contribution in [0, 0.1) is 0 Å². The molecule has 37 heavy (non-hydrogen) atoms. The molecule has 216 valence electrons. The molecule has 0 aliphatic heterocycles. The average Bonchev–Trinajstić information content (AvgIpc) is 2.83. The maximum Gasteiger partial charge on any atom is 0.328 e. The highest BCUT2D eigenvalue weighted by Gasteiger charge is 2.21. The van der Waals surface area contributed by atoms with Crippen LogP contribution in [0.3, 0.4) is 0 Å². The van der Waals surface area contributed by atoms with Gasteiger partial charge in [0.15, 0.2) is 5.96 Å². The molecular weight excluding hydrogens is 482 g/mol. The number of esters is 1. The Morgan fingerprint density at radius 1 is 0.838 bits per heavy atom. The van der Waals surface area contributed by atoms with Gasteiger partial charge >= 0.3 is 17.9 Å². The summed E-state index contributed by atoms with van der Waals surface area (Å²) in [5.74, 6) is -2.67. The molecular formula is C25H49N5O7. The van der Waals surface area contributed by atoms with E-state index < -0.39 is 30.0 Å². The summed E-state index contributed by atoms with van der Waals surface area (Å²) < 4.78 is 5.04. The molecule has 0 radical (unpaired) electrons. The Labute approximate surface area is 220 Å². The highest BCUT2D eigenvalue weighted by molar-refractivity contribution is 5.84. The normalized spacial score (nSPS) is 11.9. The summed E-state index contributed by atoms with van der Waals surface area (Å²) in [6.45, 7) is 4.68. The van der Waals surface area contributed by atoms with Crippen LogP contribution in [0.25, 0.3) is 0 Å². The second-order valence-corrected chi connectivity index (χ2v) is 8.78. The Balaban J connectivity index is 0. The molecule has 0 fully saturated rings. The zero-order valence-corrected chi connectivity index (χ0v) is 22.6. The van der Waals surface area contributed by atoms with Crippen molar-refractivity contribution in [2.24, 2.45) is 22.2 Å². The van der Waals surface area contributed by atoms with E-state index in [1.807, 2.05) is 0 Å². The molecule has 0 aromatic heterocycles. The third kappa shape index (κ3) is 26.0. The van der Waals surface area contributed by atoms with Gasteiger partial charge in [-0.3, -0.25) is 19.4 Å². The van der Waals surface area contributed by atoms with E-state index in [1.54, 1.807) is 6.92 Å². The lowest BCUT2D eigenvalue weighted by Gasteiger charge is -2.17. The van der Waals surface area contributed by atoms with Crippen molar-refractivity contribution in [2.45, 2.75) is 116 Å². The minimum atomic E-state index is -1.17. The van der Waals surface area contributed by atoms with E-state index in [0.29, 0.717) is 25.8 Å². The van der Waals surface area contributed by atoms with Gasteiger partial charge in [0.25, 0.3) is 0 Å². The molecule has 2 atom stereocenters. The summed E-state index contributed by atoms with van der Waals surface area (Å²) in [5, 5.41) is 19.1. The maximum atomic E-state index is 12.1. The number of hydrogen-bond donors (Lipinski definition) is 6. The van der Waals surface area contributed by atoms with Crippen LogP contribution in [-0.2, 0) is 23.9 Å². The summed E-state index contributed by atoms with van der Waals surface area (Å²) in [7, 11) is 0. The SMILES string of the molecule is CCCCCCCCCCCC(=O)N[C@@H](CCCN=C(N)N)C(=O)OCC.N[C@@H](CCC(=O)O)C(=O)O. The number of carboxylic acids is 2. The zero-order valence-electron chi connectivity index (χ0n) is 22.6. The monoisotopic (exact) mass is 531 g/mol. The number of hydrogen-bond acceptors (Lipinski definition) is 7. The number of guanidine groups is 1. The van der Waals surface area contributed by atoms with Crippen LogP contribution in [-0.4, -0.2) is 65.2 Å². The van der Waals surface area contributed by atoms with Gasteiger partial charge in [0.05, 0.1) is 6.61 Å². The first kappa shape index (κ1) is 36.3. The molecule has 0 aromatic rings.